The fraction of sp³-hybridized carbons (Fsp3) is 0.692. The summed E-state index contributed by atoms with van der Waals surface area (Å²) in [7, 11) is 0. The van der Waals surface area contributed by atoms with E-state index in [4.69, 9.17) is 9.47 Å². The van der Waals surface area contributed by atoms with Gasteiger partial charge < -0.3 is 9.47 Å². The summed E-state index contributed by atoms with van der Waals surface area (Å²) in [6, 6.07) is 0. The summed E-state index contributed by atoms with van der Waals surface area (Å²) in [4.78, 5) is 0. The molecule has 0 radical (unpaired) electrons. The molecule has 1 aliphatic rings. The lowest BCUT2D eigenvalue weighted by Gasteiger charge is -2.09. The minimum atomic E-state index is 0.950. The minimum absolute atomic E-state index is 0.950. The number of allylic oxidation sites excluding steroid dienone is 1. The Labute approximate surface area is 93.0 Å². The van der Waals surface area contributed by atoms with Crippen LogP contribution >= 0.6 is 0 Å². The first-order chi connectivity index (χ1) is 7.43. The van der Waals surface area contributed by atoms with Crippen LogP contribution in [-0.4, -0.2) is 0 Å². The highest BCUT2D eigenvalue weighted by Crippen LogP contribution is 2.15. The molecular weight excluding hydrogens is 188 g/mol. The first-order valence-electron chi connectivity index (χ1n) is 6.09. The van der Waals surface area contributed by atoms with Gasteiger partial charge in [-0.3, -0.25) is 0 Å². The molecule has 2 nitrogen and oxygen atoms in total. The molecule has 0 aromatic rings. The molecule has 0 fully saturated rings. The van der Waals surface area contributed by atoms with E-state index in [-0.39, 0.29) is 0 Å². The molecular formula is C13H22O2. The lowest BCUT2D eigenvalue weighted by atomic mass is 10.1. The molecule has 15 heavy (non-hydrogen) atoms. The molecule has 1 rings (SSSR count). The largest absolute Gasteiger partial charge is 0.466 e. The minimum Gasteiger partial charge on any atom is -0.466 e. The van der Waals surface area contributed by atoms with Crippen LogP contribution in [0.2, 0.25) is 0 Å². The van der Waals surface area contributed by atoms with Crippen LogP contribution < -0.4 is 0 Å². The summed E-state index contributed by atoms with van der Waals surface area (Å²) in [5.41, 5.74) is 0. The lowest BCUT2D eigenvalue weighted by Crippen LogP contribution is -1.92. The second-order valence-corrected chi connectivity index (χ2v) is 3.98. The van der Waals surface area contributed by atoms with Crippen LogP contribution in [0.1, 0.15) is 58.3 Å². The van der Waals surface area contributed by atoms with Gasteiger partial charge in [-0.25, -0.2) is 0 Å². The SMILES string of the molecule is CCCCCCCCCC1=COC=CO1. The van der Waals surface area contributed by atoms with Crippen molar-refractivity contribution in [2.24, 2.45) is 0 Å². The zero-order valence-electron chi connectivity index (χ0n) is 9.71. The van der Waals surface area contributed by atoms with E-state index in [1.807, 2.05) is 0 Å². The normalized spacial score (nSPS) is 14.3. The van der Waals surface area contributed by atoms with Gasteiger partial charge >= 0.3 is 0 Å². The lowest BCUT2D eigenvalue weighted by molar-refractivity contribution is 0.244. The summed E-state index contributed by atoms with van der Waals surface area (Å²) in [5.74, 6) is 0.950. The van der Waals surface area contributed by atoms with Gasteiger partial charge in [-0.1, -0.05) is 45.4 Å². The van der Waals surface area contributed by atoms with Crippen LogP contribution in [0.3, 0.4) is 0 Å². The molecule has 0 unspecified atom stereocenters. The van der Waals surface area contributed by atoms with E-state index in [1.54, 1.807) is 18.8 Å². The maximum absolute atomic E-state index is 5.28. The number of unbranched alkanes of at least 4 members (excludes halogenated alkanes) is 6. The molecule has 0 aromatic carbocycles. The molecule has 0 aromatic heterocycles. The molecule has 1 heterocycles. The molecule has 0 atom stereocenters. The Hall–Kier alpha value is -0.920. The van der Waals surface area contributed by atoms with Crippen molar-refractivity contribution >= 4 is 0 Å². The quantitative estimate of drug-likeness (QED) is 0.550. The van der Waals surface area contributed by atoms with Crippen LogP contribution in [0.4, 0.5) is 0 Å². The molecule has 2 heteroatoms. The van der Waals surface area contributed by atoms with Gasteiger partial charge in [0.2, 0.25) is 0 Å². The third kappa shape index (κ3) is 6.21. The monoisotopic (exact) mass is 210 g/mol. The van der Waals surface area contributed by atoms with E-state index < -0.39 is 0 Å². The van der Waals surface area contributed by atoms with Gasteiger partial charge in [0.1, 0.15) is 24.5 Å². The van der Waals surface area contributed by atoms with Crippen LogP contribution in [0.15, 0.2) is 24.5 Å². The van der Waals surface area contributed by atoms with Gasteiger partial charge in [-0.2, -0.15) is 0 Å². The topological polar surface area (TPSA) is 18.5 Å². The Kier molecular flexibility index (Phi) is 6.80. The molecule has 0 bridgehead atoms. The maximum atomic E-state index is 5.28. The van der Waals surface area contributed by atoms with Crippen LogP contribution in [0.5, 0.6) is 0 Å². The fourth-order valence-electron chi connectivity index (χ4n) is 1.66. The predicted molar refractivity (Wildman–Crippen MR) is 62.0 cm³/mol. The van der Waals surface area contributed by atoms with Crippen molar-refractivity contribution in [3.05, 3.63) is 24.5 Å². The van der Waals surface area contributed by atoms with Crippen LogP contribution in [0, 0.1) is 0 Å². The molecule has 0 amide bonds. The Morgan fingerprint density at radius 1 is 0.933 bits per heavy atom. The molecule has 1 aliphatic heterocycles. The van der Waals surface area contributed by atoms with Gasteiger partial charge in [-0.05, 0) is 6.42 Å². The maximum Gasteiger partial charge on any atom is 0.138 e. The van der Waals surface area contributed by atoms with E-state index in [0.29, 0.717) is 0 Å². The van der Waals surface area contributed by atoms with Crippen LogP contribution in [0.25, 0.3) is 0 Å². The Balaban J connectivity index is 1.86. The van der Waals surface area contributed by atoms with Gasteiger partial charge in [0.25, 0.3) is 0 Å². The molecule has 0 aliphatic carbocycles. The second-order valence-electron chi connectivity index (χ2n) is 3.98. The average molecular weight is 210 g/mol. The number of hydrogen-bond acceptors (Lipinski definition) is 2. The average Bonchev–Trinajstić information content (AvgIpc) is 2.29. The van der Waals surface area contributed by atoms with Gasteiger partial charge in [0.05, 0.1) is 0 Å². The van der Waals surface area contributed by atoms with E-state index in [2.05, 4.69) is 6.92 Å². The highest BCUT2D eigenvalue weighted by Gasteiger charge is 2.00. The Morgan fingerprint density at radius 2 is 1.67 bits per heavy atom. The smallest absolute Gasteiger partial charge is 0.138 e. The Morgan fingerprint density at radius 3 is 2.33 bits per heavy atom. The van der Waals surface area contributed by atoms with E-state index in [0.717, 1.165) is 12.2 Å². The molecule has 0 spiro atoms. The highest BCUT2D eigenvalue weighted by molar-refractivity contribution is 4.94. The standard InChI is InChI=1S/C13H22O2/c1-2-3-4-5-6-7-8-9-13-12-14-10-11-15-13/h10-12H,2-9H2,1H3. The predicted octanol–water partition coefficient (Wildman–Crippen LogP) is 4.49. The van der Waals surface area contributed by atoms with Gasteiger partial charge in [0.15, 0.2) is 0 Å². The van der Waals surface area contributed by atoms with Crippen molar-refractivity contribution in [2.45, 2.75) is 58.3 Å². The molecule has 86 valence electrons. The van der Waals surface area contributed by atoms with Crippen molar-refractivity contribution in [3.63, 3.8) is 0 Å². The second kappa shape index (κ2) is 8.39. The first-order valence-corrected chi connectivity index (χ1v) is 6.09. The summed E-state index contributed by atoms with van der Waals surface area (Å²) < 4.78 is 10.3. The van der Waals surface area contributed by atoms with E-state index in [1.165, 1.54) is 44.9 Å². The van der Waals surface area contributed by atoms with Gasteiger partial charge in [-0.15, -0.1) is 0 Å². The van der Waals surface area contributed by atoms with Crippen molar-refractivity contribution < 1.29 is 9.47 Å². The number of hydrogen-bond donors (Lipinski definition) is 0. The molecule has 0 saturated heterocycles. The van der Waals surface area contributed by atoms with Crippen molar-refractivity contribution in [2.75, 3.05) is 0 Å². The third-order valence-electron chi connectivity index (χ3n) is 2.58. The van der Waals surface area contributed by atoms with Crippen LogP contribution in [-0.2, 0) is 9.47 Å². The van der Waals surface area contributed by atoms with Gasteiger partial charge in [0, 0.05) is 6.42 Å². The zero-order chi connectivity index (χ0) is 10.8. The summed E-state index contributed by atoms with van der Waals surface area (Å²) in [5, 5.41) is 0. The third-order valence-corrected chi connectivity index (χ3v) is 2.58. The number of ether oxygens (including phenoxy) is 2. The van der Waals surface area contributed by atoms with Crippen molar-refractivity contribution in [1.82, 2.24) is 0 Å². The first kappa shape index (κ1) is 12.2. The van der Waals surface area contributed by atoms with Crippen molar-refractivity contribution in [3.8, 4) is 0 Å². The zero-order valence-corrected chi connectivity index (χ0v) is 9.71. The Bertz CT molecular complexity index is 207. The van der Waals surface area contributed by atoms with E-state index in [9.17, 15) is 0 Å². The highest BCUT2D eigenvalue weighted by atomic mass is 16.5. The summed E-state index contributed by atoms with van der Waals surface area (Å²) in [6.45, 7) is 2.25. The summed E-state index contributed by atoms with van der Waals surface area (Å²) in [6.07, 6.45) is 15.2. The fourth-order valence-corrected chi connectivity index (χ4v) is 1.66. The summed E-state index contributed by atoms with van der Waals surface area (Å²) >= 11 is 0. The number of rotatable bonds is 8. The molecule has 0 N–H and O–H groups in total. The van der Waals surface area contributed by atoms with Crippen molar-refractivity contribution in [1.29, 1.82) is 0 Å². The molecule has 0 saturated carbocycles. The van der Waals surface area contributed by atoms with E-state index >= 15 is 0 Å².